The lowest BCUT2D eigenvalue weighted by molar-refractivity contribution is -0.532. The Balaban J connectivity index is -0.000000150. The number of hydrogen-bond donors (Lipinski definition) is 4. The summed E-state index contributed by atoms with van der Waals surface area (Å²) < 4.78 is 4.46. The van der Waals surface area contributed by atoms with Gasteiger partial charge in [0.25, 0.3) is 0 Å². The Morgan fingerprint density at radius 2 is 0.893 bits per heavy atom. The van der Waals surface area contributed by atoms with Crippen molar-refractivity contribution in [2.45, 2.75) is 30.7 Å². The average Bonchev–Trinajstić information content (AvgIpc) is 2.46. The van der Waals surface area contributed by atoms with E-state index in [0.717, 1.165) is 0 Å². The normalized spacial score (nSPS) is 24.5. The van der Waals surface area contributed by atoms with E-state index in [-0.39, 0.29) is 0 Å². The van der Waals surface area contributed by atoms with Crippen molar-refractivity contribution in [1.29, 1.82) is 0 Å². The van der Waals surface area contributed by atoms with Crippen molar-refractivity contribution in [3.63, 3.8) is 0 Å². The molecule has 22 heteroatoms. The van der Waals surface area contributed by atoms with E-state index in [1.54, 1.807) is 0 Å². The fraction of sp³-hybridized carbons (Fsp3) is 1.00. The lowest BCUT2D eigenvalue weighted by Crippen LogP contribution is -2.62. The van der Waals surface area contributed by atoms with Crippen LogP contribution in [0, 0.1) is 61.3 Å². The third-order valence-electron chi connectivity index (χ3n) is 1.85. The molecule has 0 amide bonds. The molecule has 0 spiro atoms. The Labute approximate surface area is 150 Å². The highest BCUT2D eigenvalue weighted by Gasteiger charge is 2.38. The predicted octanol–water partition coefficient (Wildman–Crippen LogP) is -4.81. The zero-order valence-electron chi connectivity index (χ0n) is 12.9. The van der Waals surface area contributed by atoms with Crippen LogP contribution in [0.5, 0.6) is 0 Å². The Morgan fingerprint density at radius 3 is 1.11 bits per heavy atom. The van der Waals surface area contributed by atoms with Crippen LogP contribution in [0.15, 0.2) is 0 Å². The summed E-state index contributed by atoms with van der Waals surface area (Å²) >= 11 is 0. The van der Waals surface area contributed by atoms with Crippen molar-refractivity contribution >= 4 is 0 Å². The first-order chi connectivity index (χ1) is 12.5. The molecule has 28 heavy (non-hydrogen) atoms. The molecule has 1 rings (SSSR count). The maximum Gasteiger partial charge on any atom is 0.111 e. The highest BCUT2D eigenvalue weighted by atomic mass is 16.9. The second kappa shape index (κ2) is 18.4. The highest BCUT2D eigenvalue weighted by molar-refractivity contribution is 4.87. The first-order valence-electron chi connectivity index (χ1n) is 5.73. The Bertz CT molecular complexity index is 391. The minimum atomic E-state index is -1.82. The fourth-order valence-electron chi connectivity index (χ4n) is 1.07. The second-order valence-corrected chi connectivity index (χ2v) is 3.59. The molecule has 1 saturated heterocycles. The fourth-order valence-corrected chi connectivity index (χ4v) is 1.07. The topological polar surface area (TPSA) is 378 Å². The van der Waals surface area contributed by atoms with Crippen molar-refractivity contribution in [3.05, 3.63) is 61.3 Å². The van der Waals surface area contributed by atoms with Crippen LogP contribution >= 0.6 is 0 Å². The maximum atomic E-state index is 10.7. The van der Waals surface area contributed by atoms with E-state index in [9.17, 15) is 5.11 Å². The van der Waals surface area contributed by atoms with E-state index < -0.39 is 57.7 Å². The molecule has 0 aromatic heterocycles. The summed E-state index contributed by atoms with van der Waals surface area (Å²) in [5.41, 5.74) is 0. The minimum Gasteiger partial charge on any atom is -0.829 e. The Morgan fingerprint density at radius 1 is 0.643 bits per heavy atom. The summed E-state index contributed by atoms with van der Waals surface area (Å²) in [4.78, 5) is 33.0. The number of hydrogen-bond acceptors (Lipinski definition) is 18. The molecule has 1 aliphatic rings. The van der Waals surface area contributed by atoms with Gasteiger partial charge in [-0.1, -0.05) is 0 Å². The molecule has 0 radical (unpaired) electrons. The quantitative estimate of drug-likeness (QED) is 0.225. The molecule has 0 aliphatic carbocycles. The molecule has 0 aromatic carbocycles. The van der Waals surface area contributed by atoms with Crippen LogP contribution in [0.3, 0.4) is 0 Å². The summed E-state index contributed by atoms with van der Waals surface area (Å²) in [6, 6.07) is 0. The van der Waals surface area contributed by atoms with Gasteiger partial charge in [0.05, 0.1) is 33.1 Å². The lowest BCUT2D eigenvalue weighted by Gasteiger charge is -2.43. The van der Waals surface area contributed by atoms with Crippen LogP contribution in [-0.2, 0) is 4.74 Å². The van der Waals surface area contributed by atoms with E-state index in [1.807, 2.05) is 0 Å². The van der Waals surface area contributed by atoms with Crippen molar-refractivity contribution in [1.82, 2.24) is 0 Å². The molecule has 5 atom stereocenters. The van der Waals surface area contributed by atoms with Gasteiger partial charge in [0, 0.05) is 6.29 Å². The molecule has 0 saturated carbocycles. The van der Waals surface area contributed by atoms with Crippen molar-refractivity contribution in [3.8, 4) is 0 Å². The van der Waals surface area contributed by atoms with Gasteiger partial charge in [-0.25, -0.2) is 0 Å². The molecule has 1 fully saturated rings. The van der Waals surface area contributed by atoms with Gasteiger partial charge >= 0.3 is 0 Å². The second-order valence-electron chi connectivity index (χ2n) is 3.59. The van der Waals surface area contributed by atoms with Gasteiger partial charge in [0.2, 0.25) is 0 Å². The number of nitrogens with zero attached hydrogens (tertiary/aromatic N) is 4. The van der Waals surface area contributed by atoms with Crippen LogP contribution in [0.1, 0.15) is 0 Å². The monoisotopic (exact) mass is 427 g/mol. The SMILES string of the molecule is O=[N+]([O-])[O-].O=[N+]([O-])[O-].O=[N+]([O-])[O-].O=[N+]([O-])[O-].[O-]C1O[C@H](CO)[C@@H](O)[C@H](O)[C@H]1O. The van der Waals surface area contributed by atoms with Crippen LogP contribution in [0.4, 0.5) is 0 Å². The Kier molecular flexibility index (Phi) is 21.1. The van der Waals surface area contributed by atoms with Crippen LogP contribution in [0.2, 0.25) is 0 Å². The van der Waals surface area contributed by atoms with Gasteiger partial charge in [-0.2, -0.15) is 0 Å². The number of aliphatic hydroxyl groups excluding tert-OH is 4. The highest BCUT2D eigenvalue weighted by Crippen LogP contribution is 2.17. The zero-order chi connectivity index (χ0) is 23.6. The Hall–Kier alpha value is -3.44. The molecule has 0 bridgehead atoms. The third kappa shape index (κ3) is 30.4. The number of ether oxygens (including phenoxy) is 1. The van der Waals surface area contributed by atoms with Crippen LogP contribution < -0.4 is 5.11 Å². The van der Waals surface area contributed by atoms with E-state index >= 15 is 0 Å². The molecule has 4 N–H and O–H groups in total. The molecular weight excluding hydrogens is 416 g/mol. The van der Waals surface area contributed by atoms with Gasteiger partial charge in [-0.15, -0.1) is 0 Å². The predicted molar refractivity (Wildman–Crippen MR) is 75.2 cm³/mol. The van der Waals surface area contributed by atoms with Crippen molar-refractivity contribution in [2.24, 2.45) is 0 Å². The smallest absolute Gasteiger partial charge is 0.111 e. The van der Waals surface area contributed by atoms with Gasteiger partial charge < -0.3 is 91.6 Å². The van der Waals surface area contributed by atoms with Crippen LogP contribution in [0.25, 0.3) is 0 Å². The molecule has 0 aromatic rings. The lowest BCUT2D eigenvalue weighted by atomic mass is 10.00. The van der Waals surface area contributed by atoms with Crippen molar-refractivity contribution < 1.29 is 50.6 Å². The van der Waals surface area contributed by atoms with E-state index in [4.69, 9.17) is 81.7 Å². The van der Waals surface area contributed by atoms with E-state index in [2.05, 4.69) is 4.74 Å². The molecule has 1 aliphatic heterocycles. The third-order valence-corrected chi connectivity index (χ3v) is 1.85. The van der Waals surface area contributed by atoms with E-state index in [1.165, 1.54) is 0 Å². The molecule has 22 nitrogen and oxygen atoms in total. The van der Waals surface area contributed by atoms with Crippen LogP contribution in [-0.4, -0.2) is 78.1 Å². The largest absolute Gasteiger partial charge is 0.829 e. The standard InChI is InChI=1S/C6H11O6.4NO3/c7-1-2-3(8)4(9)5(10)6(11)12-2;4*2-1(3)4/h2-10H,1H2;;;;/q5*-1/t2-,3-,4+,5-,6?;;;;/m1..../s1. The first kappa shape index (κ1) is 32.3. The summed E-state index contributed by atoms with van der Waals surface area (Å²) in [7, 11) is 0. The summed E-state index contributed by atoms with van der Waals surface area (Å²) in [5, 5.41) is 105. The van der Waals surface area contributed by atoms with Gasteiger partial charge in [0.1, 0.15) is 18.3 Å². The summed E-state index contributed by atoms with van der Waals surface area (Å²) in [6.07, 6.45) is -7.57. The number of rotatable bonds is 1. The molecule has 168 valence electrons. The maximum absolute atomic E-state index is 10.7. The summed E-state index contributed by atoms with van der Waals surface area (Å²) in [6.45, 7) is -0.566. The molecule has 1 heterocycles. The van der Waals surface area contributed by atoms with Gasteiger partial charge in [-0.05, 0) is 0 Å². The average molecular weight is 427 g/mol. The molecular formula is C6H11N4O18-5. The molecule has 1 unspecified atom stereocenters. The first-order valence-corrected chi connectivity index (χ1v) is 5.73. The summed E-state index contributed by atoms with van der Waals surface area (Å²) in [5.74, 6) is 0. The van der Waals surface area contributed by atoms with Gasteiger partial charge in [0.15, 0.2) is 0 Å². The van der Waals surface area contributed by atoms with Crippen molar-refractivity contribution in [2.75, 3.05) is 6.61 Å². The zero-order valence-corrected chi connectivity index (χ0v) is 12.9. The van der Waals surface area contributed by atoms with Gasteiger partial charge in [-0.3, -0.25) is 0 Å². The number of aliphatic hydroxyl groups is 4. The minimum absolute atomic E-state index is 0.566. The van der Waals surface area contributed by atoms with E-state index in [0.29, 0.717) is 0 Å².